The van der Waals surface area contributed by atoms with Crippen molar-refractivity contribution in [2.45, 2.75) is 13.8 Å². The van der Waals surface area contributed by atoms with Crippen LogP contribution in [0.5, 0.6) is 0 Å². The number of nitrogens with zero attached hydrogens (tertiary/aromatic N) is 1. The Morgan fingerprint density at radius 2 is 1.72 bits per heavy atom. The smallest absolute Gasteiger partial charge is 0.340 e. The molecule has 2 aromatic carbocycles. The molecule has 134 valence electrons. The molecule has 0 amide bonds. The predicted molar refractivity (Wildman–Crippen MR) is 104 cm³/mol. The van der Waals surface area contributed by atoms with Crippen molar-refractivity contribution in [3.63, 3.8) is 0 Å². The normalized spacial score (nSPS) is 10.8. The number of halogens is 2. The van der Waals surface area contributed by atoms with E-state index in [1.807, 2.05) is 6.07 Å². The number of hydrogen-bond donors (Lipinski definition) is 1. The first kappa shape index (κ1) is 19.6. The summed E-state index contributed by atoms with van der Waals surface area (Å²) in [5.74, 6) is -0.367. The second-order valence-electron chi connectivity index (χ2n) is 5.43. The first-order valence-corrected chi connectivity index (χ1v) is 9.02. The van der Waals surface area contributed by atoms with Crippen LogP contribution in [-0.2, 0) is 4.74 Å². The van der Waals surface area contributed by atoms with Crippen molar-refractivity contribution in [3.05, 3.63) is 58.1 Å². The summed E-state index contributed by atoms with van der Waals surface area (Å²) in [6, 6.07) is 12.5. The van der Waals surface area contributed by atoms with Crippen molar-refractivity contribution < 1.29 is 9.53 Å². The van der Waals surface area contributed by atoms with Gasteiger partial charge in [0, 0.05) is 6.54 Å². The summed E-state index contributed by atoms with van der Waals surface area (Å²) in [5.41, 5.74) is 1.72. The lowest BCUT2D eigenvalue weighted by molar-refractivity contribution is 0.0467. The standard InChI is InChI=1S/C19H22Cl2N2O2/c1-3-23(4-2)12-13-25-19(24)14-8-5-6-10-16(14)22-17-11-7-9-15(20)18(17)21/h5-11,22H,3-4,12-13H2,1-2H3. The molecule has 0 spiro atoms. The third-order valence-corrected chi connectivity index (χ3v) is 4.72. The van der Waals surface area contributed by atoms with E-state index in [9.17, 15) is 4.79 Å². The molecule has 0 heterocycles. The van der Waals surface area contributed by atoms with Crippen molar-refractivity contribution in [3.8, 4) is 0 Å². The molecule has 4 nitrogen and oxygen atoms in total. The quantitative estimate of drug-likeness (QED) is 0.636. The molecule has 0 saturated heterocycles. The minimum Gasteiger partial charge on any atom is -0.461 e. The topological polar surface area (TPSA) is 41.6 Å². The summed E-state index contributed by atoms with van der Waals surface area (Å²) in [4.78, 5) is 14.6. The van der Waals surface area contributed by atoms with Crippen LogP contribution in [0.25, 0.3) is 0 Å². The van der Waals surface area contributed by atoms with Crippen LogP contribution in [0.3, 0.4) is 0 Å². The second kappa shape index (κ2) is 9.66. The van der Waals surface area contributed by atoms with Gasteiger partial charge >= 0.3 is 5.97 Å². The van der Waals surface area contributed by atoms with Gasteiger partial charge in [-0.05, 0) is 37.4 Å². The van der Waals surface area contributed by atoms with Gasteiger partial charge in [0.15, 0.2) is 0 Å². The summed E-state index contributed by atoms with van der Waals surface area (Å²) < 4.78 is 5.41. The third kappa shape index (κ3) is 5.36. The number of para-hydroxylation sites is 1. The van der Waals surface area contributed by atoms with E-state index >= 15 is 0 Å². The SMILES string of the molecule is CCN(CC)CCOC(=O)c1ccccc1Nc1cccc(Cl)c1Cl. The van der Waals surface area contributed by atoms with E-state index in [0.29, 0.717) is 40.1 Å². The molecule has 25 heavy (non-hydrogen) atoms. The number of nitrogens with one attached hydrogen (secondary N) is 1. The molecule has 0 aliphatic carbocycles. The van der Waals surface area contributed by atoms with Gasteiger partial charge in [-0.2, -0.15) is 0 Å². The lowest BCUT2D eigenvalue weighted by Crippen LogP contribution is -2.28. The zero-order chi connectivity index (χ0) is 18.2. The highest BCUT2D eigenvalue weighted by atomic mass is 35.5. The third-order valence-electron chi connectivity index (χ3n) is 3.90. The fourth-order valence-electron chi connectivity index (χ4n) is 2.40. The molecule has 0 aliphatic rings. The molecular formula is C19H22Cl2N2O2. The van der Waals surface area contributed by atoms with E-state index in [1.54, 1.807) is 36.4 Å². The first-order valence-electron chi connectivity index (χ1n) is 8.26. The van der Waals surface area contributed by atoms with Crippen molar-refractivity contribution >= 4 is 40.5 Å². The van der Waals surface area contributed by atoms with Crippen molar-refractivity contribution in [1.29, 1.82) is 0 Å². The fourth-order valence-corrected chi connectivity index (χ4v) is 2.75. The summed E-state index contributed by atoms with van der Waals surface area (Å²) >= 11 is 12.2. The summed E-state index contributed by atoms with van der Waals surface area (Å²) in [5, 5.41) is 4.02. The Bertz CT molecular complexity index is 718. The van der Waals surface area contributed by atoms with Gasteiger partial charge < -0.3 is 15.0 Å². The first-order chi connectivity index (χ1) is 12.1. The number of carbonyl (C=O) groups excluding carboxylic acids is 1. The van der Waals surface area contributed by atoms with Crippen LogP contribution in [-0.4, -0.2) is 37.1 Å². The fraction of sp³-hybridized carbons (Fsp3) is 0.316. The maximum atomic E-state index is 12.4. The van der Waals surface area contributed by atoms with E-state index in [1.165, 1.54) is 0 Å². The average molecular weight is 381 g/mol. The minimum absolute atomic E-state index is 0.354. The van der Waals surface area contributed by atoms with Gasteiger partial charge in [-0.15, -0.1) is 0 Å². The number of hydrogen-bond acceptors (Lipinski definition) is 4. The van der Waals surface area contributed by atoms with Crippen LogP contribution in [0, 0.1) is 0 Å². The maximum Gasteiger partial charge on any atom is 0.340 e. The van der Waals surface area contributed by atoms with Gasteiger partial charge in [0.05, 0.1) is 27.0 Å². The zero-order valence-corrected chi connectivity index (χ0v) is 15.9. The van der Waals surface area contributed by atoms with Gasteiger partial charge in [-0.3, -0.25) is 0 Å². The second-order valence-corrected chi connectivity index (χ2v) is 6.22. The van der Waals surface area contributed by atoms with Gasteiger partial charge in [0.2, 0.25) is 0 Å². The number of anilines is 2. The van der Waals surface area contributed by atoms with Gasteiger partial charge in [0.25, 0.3) is 0 Å². The highest BCUT2D eigenvalue weighted by Gasteiger charge is 2.14. The number of rotatable bonds is 8. The largest absolute Gasteiger partial charge is 0.461 e. The van der Waals surface area contributed by atoms with Crippen molar-refractivity contribution in [1.82, 2.24) is 4.90 Å². The Hall–Kier alpha value is -1.75. The monoisotopic (exact) mass is 380 g/mol. The minimum atomic E-state index is -0.367. The Kier molecular flexibility index (Phi) is 7.56. The number of benzene rings is 2. The predicted octanol–water partition coefficient (Wildman–Crippen LogP) is 5.24. The molecule has 1 N–H and O–H groups in total. The summed E-state index contributed by atoms with van der Waals surface area (Å²) in [7, 11) is 0. The van der Waals surface area contributed by atoms with Crippen LogP contribution in [0.4, 0.5) is 11.4 Å². The molecule has 0 radical (unpaired) electrons. The molecule has 6 heteroatoms. The van der Waals surface area contributed by atoms with Crippen LogP contribution in [0.1, 0.15) is 24.2 Å². The van der Waals surface area contributed by atoms with E-state index in [-0.39, 0.29) is 5.97 Å². The Morgan fingerprint density at radius 1 is 1.04 bits per heavy atom. The molecule has 0 unspecified atom stereocenters. The highest BCUT2D eigenvalue weighted by Crippen LogP contribution is 2.32. The molecule has 0 aliphatic heterocycles. The van der Waals surface area contributed by atoms with Crippen molar-refractivity contribution in [2.75, 3.05) is 31.6 Å². The number of carbonyl (C=O) groups is 1. The van der Waals surface area contributed by atoms with Gasteiger partial charge in [-0.25, -0.2) is 4.79 Å². The van der Waals surface area contributed by atoms with Crippen LogP contribution in [0.15, 0.2) is 42.5 Å². The lowest BCUT2D eigenvalue weighted by atomic mass is 10.1. The van der Waals surface area contributed by atoms with E-state index in [2.05, 4.69) is 24.1 Å². The van der Waals surface area contributed by atoms with Crippen LogP contribution >= 0.6 is 23.2 Å². The van der Waals surface area contributed by atoms with E-state index in [0.717, 1.165) is 13.1 Å². The maximum absolute atomic E-state index is 12.4. The number of likely N-dealkylation sites (N-methyl/N-ethyl adjacent to an activating group) is 1. The molecule has 2 aromatic rings. The highest BCUT2D eigenvalue weighted by molar-refractivity contribution is 6.43. The zero-order valence-electron chi connectivity index (χ0n) is 14.4. The van der Waals surface area contributed by atoms with Gasteiger partial charge in [0.1, 0.15) is 6.61 Å². The Labute approximate surface area is 158 Å². The summed E-state index contributed by atoms with van der Waals surface area (Å²) in [6.45, 7) is 7.10. The van der Waals surface area contributed by atoms with Crippen LogP contribution in [0.2, 0.25) is 10.0 Å². The molecule has 0 atom stereocenters. The van der Waals surface area contributed by atoms with Gasteiger partial charge in [-0.1, -0.05) is 55.2 Å². The van der Waals surface area contributed by atoms with E-state index < -0.39 is 0 Å². The molecule has 0 fully saturated rings. The molecule has 2 rings (SSSR count). The summed E-state index contributed by atoms with van der Waals surface area (Å²) in [6.07, 6.45) is 0. The molecule has 0 saturated carbocycles. The van der Waals surface area contributed by atoms with Crippen molar-refractivity contribution in [2.24, 2.45) is 0 Å². The Morgan fingerprint density at radius 3 is 2.44 bits per heavy atom. The molecular weight excluding hydrogens is 359 g/mol. The van der Waals surface area contributed by atoms with E-state index in [4.69, 9.17) is 27.9 Å². The Balaban J connectivity index is 2.09. The number of ether oxygens (including phenoxy) is 1. The van der Waals surface area contributed by atoms with Crippen LogP contribution < -0.4 is 5.32 Å². The molecule has 0 aromatic heterocycles. The number of esters is 1. The molecule has 0 bridgehead atoms. The average Bonchev–Trinajstić information content (AvgIpc) is 2.63. The lowest BCUT2D eigenvalue weighted by Gasteiger charge is -2.18.